The molecule has 6 nitrogen and oxygen atoms in total. The van der Waals surface area contributed by atoms with Crippen LogP contribution in [-0.4, -0.2) is 40.5 Å². The first-order valence-electron chi connectivity index (χ1n) is 8.64. The van der Waals surface area contributed by atoms with Crippen molar-refractivity contribution in [3.63, 3.8) is 0 Å². The Kier molecular flexibility index (Phi) is 5.58. The number of hydrogen-bond acceptors (Lipinski definition) is 4. The van der Waals surface area contributed by atoms with E-state index in [-0.39, 0.29) is 16.8 Å². The Hall–Kier alpha value is -2.38. The van der Waals surface area contributed by atoms with Crippen LogP contribution in [0.2, 0.25) is 0 Å². The van der Waals surface area contributed by atoms with Crippen LogP contribution < -0.4 is 14.9 Å². The Labute approximate surface area is 154 Å². The molecule has 0 saturated carbocycles. The van der Waals surface area contributed by atoms with E-state index in [2.05, 4.69) is 10.6 Å². The summed E-state index contributed by atoms with van der Waals surface area (Å²) >= 11 is 0. The van der Waals surface area contributed by atoms with Gasteiger partial charge in [0.1, 0.15) is 0 Å². The third kappa shape index (κ3) is 4.05. The number of rotatable bonds is 5. The summed E-state index contributed by atoms with van der Waals surface area (Å²) in [6, 6.07) is 15.1. The summed E-state index contributed by atoms with van der Waals surface area (Å²) in [5.41, 5.74) is 0.911. The van der Waals surface area contributed by atoms with E-state index in [4.69, 9.17) is 0 Å². The van der Waals surface area contributed by atoms with Crippen molar-refractivity contribution in [3.8, 4) is 0 Å². The molecule has 26 heavy (non-hydrogen) atoms. The number of hydrogen-bond donors (Lipinski definition) is 2. The lowest BCUT2D eigenvalue weighted by Gasteiger charge is -2.24. The molecule has 1 heterocycles. The average Bonchev–Trinajstić information content (AvgIpc) is 2.69. The molecule has 2 aromatic carbocycles. The average molecular weight is 373 g/mol. The van der Waals surface area contributed by atoms with Gasteiger partial charge in [0.05, 0.1) is 10.6 Å². The lowest BCUT2D eigenvalue weighted by atomic mass is 10.1. The summed E-state index contributed by atoms with van der Waals surface area (Å²) in [5, 5.41) is 6.21. The number of anilines is 1. The minimum Gasteiger partial charge on any atom is -0.348 e. The maximum atomic E-state index is 12.9. The van der Waals surface area contributed by atoms with Crippen molar-refractivity contribution < 1.29 is 13.2 Å². The minimum absolute atomic E-state index is 0.0727. The van der Waals surface area contributed by atoms with Gasteiger partial charge < -0.3 is 10.6 Å². The Morgan fingerprint density at radius 1 is 1.15 bits per heavy atom. The second-order valence-electron chi connectivity index (χ2n) is 6.35. The SMILES string of the molecule is CN(c1ccccc1)S(=O)(=O)c1cccc(C(=O)NC2CCCNC2)c1. The maximum Gasteiger partial charge on any atom is 0.264 e. The molecule has 1 atom stereocenters. The van der Waals surface area contributed by atoms with Crippen molar-refractivity contribution in [2.75, 3.05) is 24.4 Å². The smallest absolute Gasteiger partial charge is 0.264 e. The zero-order valence-electron chi connectivity index (χ0n) is 14.7. The van der Waals surface area contributed by atoms with E-state index in [0.29, 0.717) is 11.3 Å². The highest BCUT2D eigenvalue weighted by atomic mass is 32.2. The quantitative estimate of drug-likeness (QED) is 0.840. The molecule has 1 saturated heterocycles. The molecule has 1 aliphatic rings. The zero-order valence-corrected chi connectivity index (χ0v) is 15.5. The number of carbonyl (C=O) groups is 1. The fraction of sp³-hybridized carbons (Fsp3) is 0.316. The van der Waals surface area contributed by atoms with Crippen LogP contribution in [0.3, 0.4) is 0 Å². The molecule has 0 spiro atoms. The number of sulfonamides is 1. The van der Waals surface area contributed by atoms with Gasteiger partial charge in [0.2, 0.25) is 0 Å². The van der Waals surface area contributed by atoms with Crippen LogP contribution in [0.5, 0.6) is 0 Å². The Morgan fingerprint density at radius 3 is 2.62 bits per heavy atom. The third-order valence-corrected chi connectivity index (χ3v) is 6.29. The van der Waals surface area contributed by atoms with Crippen molar-refractivity contribution in [1.82, 2.24) is 10.6 Å². The number of benzene rings is 2. The highest BCUT2D eigenvalue weighted by Crippen LogP contribution is 2.22. The van der Waals surface area contributed by atoms with Gasteiger partial charge in [-0.15, -0.1) is 0 Å². The van der Waals surface area contributed by atoms with Gasteiger partial charge in [-0.3, -0.25) is 9.10 Å². The summed E-state index contributed by atoms with van der Waals surface area (Å²) in [6.45, 7) is 1.70. The van der Waals surface area contributed by atoms with Crippen molar-refractivity contribution in [2.24, 2.45) is 0 Å². The highest BCUT2D eigenvalue weighted by Gasteiger charge is 2.23. The van der Waals surface area contributed by atoms with Crippen molar-refractivity contribution >= 4 is 21.6 Å². The van der Waals surface area contributed by atoms with Crippen LogP contribution in [0.25, 0.3) is 0 Å². The van der Waals surface area contributed by atoms with E-state index in [1.54, 1.807) is 36.4 Å². The van der Waals surface area contributed by atoms with Gasteiger partial charge in [0, 0.05) is 25.2 Å². The van der Waals surface area contributed by atoms with Crippen LogP contribution >= 0.6 is 0 Å². The molecule has 1 aliphatic heterocycles. The van der Waals surface area contributed by atoms with Gasteiger partial charge in [-0.1, -0.05) is 24.3 Å². The molecule has 2 aromatic rings. The molecule has 1 fully saturated rings. The number of carbonyl (C=O) groups excluding carboxylic acids is 1. The predicted octanol–water partition coefficient (Wildman–Crippen LogP) is 1.99. The first-order valence-corrected chi connectivity index (χ1v) is 10.1. The van der Waals surface area contributed by atoms with E-state index in [1.165, 1.54) is 23.5 Å². The molecule has 0 aliphatic carbocycles. The molecule has 3 rings (SSSR count). The largest absolute Gasteiger partial charge is 0.348 e. The summed E-state index contributed by atoms with van der Waals surface area (Å²) in [4.78, 5) is 12.6. The van der Waals surface area contributed by atoms with Gasteiger partial charge in [0.25, 0.3) is 15.9 Å². The van der Waals surface area contributed by atoms with Crippen LogP contribution in [0.1, 0.15) is 23.2 Å². The molecule has 7 heteroatoms. The Morgan fingerprint density at radius 2 is 1.92 bits per heavy atom. The monoisotopic (exact) mass is 373 g/mol. The fourth-order valence-electron chi connectivity index (χ4n) is 2.98. The summed E-state index contributed by atoms with van der Waals surface area (Å²) in [7, 11) is -2.24. The summed E-state index contributed by atoms with van der Waals surface area (Å²) < 4.78 is 27.0. The number of para-hydroxylation sites is 1. The van der Waals surface area contributed by atoms with E-state index in [9.17, 15) is 13.2 Å². The second kappa shape index (κ2) is 7.88. The summed E-state index contributed by atoms with van der Waals surface area (Å²) in [6.07, 6.45) is 1.94. The molecule has 0 aromatic heterocycles. The minimum atomic E-state index is -3.74. The molecular weight excluding hydrogens is 350 g/mol. The number of amides is 1. The van der Waals surface area contributed by atoms with Crippen molar-refractivity contribution in [3.05, 3.63) is 60.2 Å². The summed E-state index contributed by atoms with van der Waals surface area (Å²) in [5.74, 6) is -0.252. The molecule has 2 N–H and O–H groups in total. The lowest BCUT2D eigenvalue weighted by Crippen LogP contribution is -2.45. The van der Waals surface area contributed by atoms with Crippen molar-refractivity contribution in [2.45, 2.75) is 23.8 Å². The van der Waals surface area contributed by atoms with E-state index < -0.39 is 10.0 Å². The predicted molar refractivity (Wildman–Crippen MR) is 102 cm³/mol. The van der Waals surface area contributed by atoms with Gasteiger partial charge >= 0.3 is 0 Å². The van der Waals surface area contributed by atoms with Crippen LogP contribution in [0.15, 0.2) is 59.5 Å². The van der Waals surface area contributed by atoms with E-state index >= 15 is 0 Å². The topological polar surface area (TPSA) is 78.5 Å². The Balaban J connectivity index is 1.80. The van der Waals surface area contributed by atoms with Crippen LogP contribution in [-0.2, 0) is 10.0 Å². The zero-order chi connectivity index (χ0) is 18.6. The normalized spacial score (nSPS) is 17.5. The molecule has 0 radical (unpaired) electrons. The Bertz CT molecular complexity index is 863. The number of piperidine rings is 1. The maximum absolute atomic E-state index is 12.9. The standard InChI is InChI=1S/C19H23N3O3S/c1-22(17-9-3-2-4-10-17)26(24,25)18-11-5-7-15(13-18)19(23)21-16-8-6-12-20-14-16/h2-5,7,9-11,13,16,20H,6,8,12,14H2,1H3,(H,21,23). The molecular formula is C19H23N3O3S. The lowest BCUT2D eigenvalue weighted by molar-refractivity contribution is 0.0930. The molecule has 0 bridgehead atoms. The van der Waals surface area contributed by atoms with Gasteiger partial charge in [-0.25, -0.2) is 8.42 Å². The molecule has 1 unspecified atom stereocenters. The van der Waals surface area contributed by atoms with Gasteiger partial charge in [-0.05, 0) is 49.7 Å². The van der Waals surface area contributed by atoms with Crippen LogP contribution in [0.4, 0.5) is 5.69 Å². The number of nitrogens with one attached hydrogen (secondary N) is 2. The molecule has 1 amide bonds. The fourth-order valence-corrected chi connectivity index (χ4v) is 4.22. The van der Waals surface area contributed by atoms with E-state index in [0.717, 1.165) is 25.9 Å². The first kappa shape index (κ1) is 18.4. The van der Waals surface area contributed by atoms with Gasteiger partial charge in [-0.2, -0.15) is 0 Å². The number of nitrogens with zero attached hydrogens (tertiary/aromatic N) is 1. The van der Waals surface area contributed by atoms with Crippen molar-refractivity contribution in [1.29, 1.82) is 0 Å². The van der Waals surface area contributed by atoms with Crippen LogP contribution in [0, 0.1) is 0 Å². The third-order valence-electron chi connectivity index (χ3n) is 4.51. The second-order valence-corrected chi connectivity index (χ2v) is 8.32. The van der Waals surface area contributed by atoms with E-state index in [1.807, 2.05) is 6.07 Å². The molecule has 138 valence electrons. The van der Waals surface area contributed by atoms with Gasteiger partial charge in [0.15, 0.2) is 0 Å². The first-order chi connectivity index (χ1) is 12.5. The highest BCUT2D eigenvalue weighted by molar-refractivity contribution is 7.92.